The molecule has 2 rings (SSSR count). The van der Waals surface area contributed by atoms with Crippen molar-refractivity contribution in [3.05, 3.63) is 23.8 Å². The second-order valence-electron chi connectivity index (χ2n) is 6.61. The third-order valence-electron chi connectivity index (χ3n) is 4.42. The molecule has 1 aliphatic rings. The van der Waals surface area contributed by atoms with Crippen molar-refractivity contribution in [1.29, 1.82) is 0 Å². The van der Waals surface area contributed by atoms with E-state index in [-0.39, 0.29) is 28.8 Å². The molecule has 1 aromatic carbocycles. The van der Waals surface area contributed by atoms with Gasteiger partial charge in [-0.1, -0.05) is 19.9 Å². The molecule has 0 amide bonds. The van der Waals surface area contributed by atoms with Crippen molar-refractivity contribution >= 4 is 22.4 Å². The molecule has 0 radical (unpaired) electrons. The first-order valence-corrected chi connectivity index (χ1v) is 9.12. The van der Waals surface area contributed by atoms with E-state index in [1.165, 1.54) is 7.11 Å². The minimum Gasteiger partial charge on any atom is -0.495 e. The summed E-state index contributed by atoms with van der Waals surface area (Å²) >= 11 is 0. The summed E-state index contributed by atoms with van der Waals surface area (Å²) in [5.41, 5.74) is 0.967. The number of aryl methyl sites for hydroxylation is 1. The molecule has 0 aliphatic carbocycles. The van der Waals surface area contributed by atoms with Crippen LogP contribution in [-0.4, -0.2) is 34.7 Å². The van der Waals surface area contributed by atoms with E-state index in [1.807, 2.05) is 13.0 Å². The van der Waals surface area contributed by atoms with Crippen molar-refractivity contribution in [2.45, 2.75) is 44.6 Å². The Morgan fingerprint density at radius 2 is 2.09 bits per heavy atom. The number of hydrogen-bond acceptors (Lipinski definition) is 4. The highest BCUT2D eigenvalue weighted by atomic mass is 35.5. The smallest absolute Gasteiger partial charge is 0.244 e. The van der Waals surface area contributed by atoms with Gasteiger partial charge in [-0.05, 0) is 49.4 Å². The standard InChI is InChI=1S/C16H26N2O3S.ClH/c1-12-6-7-13(21-4)14(10-12)22(19,20)18-11-15-16(2,3)8-5-9-17-15;/h6-7,10,15,17-18H,5,8-9,11H2,1-4H3;1H. The fourth-order valence-corrected chi connectivity index (χ4v) is 4.18. The first kappa shape index (κ1) is 20.2. The lowest BCUT2D eigenvalue weighted by Crippen LogP contribution is -2.52. The summed E-state index contributed by atoms with van der Waals surface area (Å²) in [7, 11) is -2.11. The number of hydrogen-bond donors (Lipinski definition) is 2. The lowest BCUT2D eigenvalue weighted by Gasteiger charge is -2.39. The minimum absolute atomic E-state index is 0. The fraction of sp³-hybridized carbons (Fsp3) is 0.625. The topological polar surface area (TPSA) is 67.4 Å². The van der Waals surface area contributed by atoms with Crippen LogP contribution in [0.3, 0.4) is 0 Å². The molecule has 0 saturated carbocycles. The van der Waals surface area contributed by atoms with Gasteiger partial charge in [-0.2, -0.15) is 0 Å². The Kier molecular flexibility index (Phi) is 6.89. The predicted octanol–water partition coefficient (Wildman–Crippen LogP) is 2.48. The second-order valence-corrected chi connectivity index (χ2v) is 8.34. The Morgan fingerprint density at radius 1 is 1.39 bits per heavy atom. The van der Waals surface area contributed by atoms with Crippen molar-refractivity contribution in [3.8, 4) is 5.75 Å². The van der Waals surface area contributed by atoms with Crippen molar-refractivity contribution in [3.63, 3.8) is 0 Å². The number of ether oxygens (including phenoxy) is 1. The molecule has 1 fully saturated rings. The van der Waals surface area contributed by atoms with Gasteiger partial charge in [-0.3, -0.25) is 0 Å². The van der Waals surface area contributed by atoms with Crippen LogP contribution in [0, 0.1) is 12.3 Å². The van der Waals surface area contributed by atoms with Gasteiger partial charge in [0.1, 0.15) is 10.6 Å². The molecule has 7 heteroatoms. The molecule has 0 spiro atoms. The summed E-state index contributed by atoms with van der Waals surface area (Å²) in [4.78, 5) is 0.198. The predicted molar refractivity (Wildman–Crippen MR) is 95.0 cm³/mol. The Balaban J connectivity index is 0.00000264. The number of nitrogens with one attached hydrogen (secondary N) is 2. The molecule has 0 bridgehead atoms. The van der Waals surface area contributed by atoms with Crippen molar-refractivity contribution in [1.82, 2.24) is 10.0 Å². The first-order chi connectivity index (χ1) is 10.3. The molecule has 132 valence electrons. The maximum Gasteiger partial charge on any atom is 0.244 e. The summed E-state index contributed by atoms with van der Waals surface area (Å²) in [6.45, 7) is 7.52. The zero-order valence-electron chi connectivity index (χ0n) is 14.2. The van der Waals surface area contributed by atoms with Crippen molar-refractivity contribution < 1.29 is 13.2 Å². The second kappa shape index (κ2) is 7.83. The number of halogens is 1. The van der Waals surface area contributed by atoms with Gasteiger partial charge in [0.15, 0.2) is 0 Å². The fourth-order valence-electron chi connectivity index (χ4n) is 2.88. The van der Waals surface area contributed by atoms with Crippen LogP contribution < -0.4 is 14.8 Å². The summed E-state index contributed by atoms with van der Waals surface area (Å²) in [6.07, 6.45) is 2.22. The molecule has 1 unspecified atom stereocenters. The summed E-state index contributed by atoms with van der Waals surface area (Å²) < 4.78 is 33.1. The highest BCUT2D eigenvalue weighted by molar-refractivity contribution is 7.89. The van der Waals surface area contributed by atoms with Gasteiger partial charge in [0.2, 0.25) is 10.0 Å². The summed E-state index contributed by atoms with van der Waals surface area (Å²) in [5.74, 6) is 0.369. The van der Waals surface area contributed by atoms with Crippen LogP contribution in [-0.2, 0) is 10.0 Å². The Morgan fingerprint density at radius 3 is 2.70 bits per heavy atom. The zero-order valence-corrected chi connectivity index (χ0v) is 15.8. The molecule has 5 nitrogen and oxygen atoms in total. The first-order valence-electron chi connectivity index (χ1n) is 7.64. The average molecular weight is 363 g/mol. The zero-order chi connectivity index (χ0) is 16.4. The molecule has 1 aromatic rings. The van der Waals surface area contributed by atoms with Crippen LogP contribution in [0.15, 0.2) is 23.1 Å². The minimum atomic E-state index is -3.59. The van der Waals surface area contributed by atoms with Gasteiger partial charge in [-0.25, -0.2) is 13.1 Å². The number of methoxy groups -OCH3 is 1. The van der Waals surface area contributed by atoms with E-state index in [9.17, 15) is 8.42 Å². The van der Waals surface area contributed by atoms with Crippen LogP contribution in [0.5, 0.6) is 5.75 Å². The largest absolute Gasteiger partial charge is 0.495 e. The monoisotopic (exact) mass is 362 g/mol. The maximum absolute atomic E-state index is 12.6. The number of sulfonamides is 1. The molecule has 0 aromatic heterocycles. The molecule has 1 atom stereocenters. The third-order valence-corrected chi connectivity index (χ3v) is 5.86. The quantitative estimate of drug-likeness (QED) is 0.844. The van der Waals surface area contributed by atoms with Gasteiger partial charge in [0, 0.05) is 12.6 Å². The van der Waals surface area contributed by atoms with Crippen LogP contribution in [0.1, 0.15) is 32.3 Å². The van der Waals surface area contributed by atoms with Gasteiger partial charge < -0.3 is 10.1 Å². The number of benzene rings is 1. The van der Waals surface area contributed by atoms with E-state index in [2.05, 4.69) is 23.9 Å². The molecule has 2 N–H and O–H groups in total. The molecular weight excluding hydrogens is 336 g/mol. The lowest BCUT2D eigenvalue weighted by molar-refractivity contribution is 0.181. The third kappa shape index (κ3) is 4.83. The molecule has 1 aliphatic heterocycles. The van der Waals surface area contributed by atoms with Gasteiger partial charge >= 0.3 is 0 Å². The number of piperidine rings is 1. The summed E-state index contributed by atoms with van der Waals surface area (Å²) in [5, 5.41) is 3.42. The molecule has 23 heavy (non-hydrogen) atoms. The summed E-state index contributed by atoms with van der Waals surface area (Å²) in [6, 6.07) is 5.29. The molecule has 1 heterocycles. The van der Waals surface area contributed by atoms with Gasteiger partial charge in [0.25, 0.3) is 0 Å². The van der Waals surface area contributed by atoms with E-state index in [1.54, 1.807) is 12.1 Å². The average Bonchev–Trinajstić information content (AvgIpc) is 2.45. The highest BCUT2D eigenvalue weighted by Gasteiger charge is 2.33. The lowest BCUT2D eigenvalue weighted by atomic mass is 9.78. The van der Waals surface area contributed by atoms with Gasteiger partial charge in [0.05, 0.1) is 7.11 Å². The van der Waals surface area contributed by atoms with E-state index < -0.39 is 10.0 Å². The van der Waals surface area contributed by atoms with Crippen molar-refractivity contribution in [2.75, 3.05) is 20.2 Å². The maximum atomic E-state index is 12.6. The normalized spacial score (nSPS) is 20.6. The Labute approximate surface area is 145 Å². The SMILES string of the molecule is COc1ccc(C)cc1S(=O)(=O)NCC1NCCCC1(C)C.Cl. The van der Waals surface area contributed by atoms with Crippen molar-refractivity contribution in [2.24, 2.45) is 5.41 Å². The Hall–Kier alpha value is -0.820. The van der Waals surface area contributed by atoms with E-state index >= 15 is 0 Å². The molecular formula is C16H27ClN2O3S. The van der Waals surface area contributed by atoms with Crippen LogP contribution >= 0.6 is 12.4 Å². The van der Waals surface area contributed by atoms with E-state index in [0.717, 1.165) is 24.9 Å². The van der Waals surface area contributed by atoms with Crippen LogP contribution in [0.2, 0.25) is 0 Å². The van der Waals surface area contributed by atoms with E-state index in [4.69, 9.17) is 4.74 Å². The number of rotatable bonds is 5. The van der Waals surface area contributed by atoms with E-state index in [0.29, 0.717) is 12.3 Å². The van der Waals surface area contributed by atoms with Crippen LogP contribution in [0.25, 0.3) is 0 Å². The van der Waals surface area contributed by atoms with Gasteiger partial charge in [-0.15, -0.1) is 12.4 Å². The Bertz CT molecular complexity index is 632. The van der Waals surface area contributed by atoms with Crippen LogP contribution in [0.4, 0.5) is 0 Å². The molecule has 1 saturated heterocycles. The highest BCUT2D eigenvalue weighted by Crippen LogP contribution is 2.30.